The summed E-state index contributed by atoms with van der Waals surface area (Å²) in [5, 5.41) is 10.0. The summed E-state index contributed by atoms with van der Waals surface area (Å²) in [7, 11) is 1.41. The molecule has 1 N–H and O–H groups in total. The van der Waals surface area contributed by atoms with E-state index >= 15 is 0 Å². The minimum Gasteiger partial charge on any atom is -0.452 e. The van der Waals surface area contributed by atoms with Gasteiger partial charge in [0.05, 0.1) is 36.5 Å². The molecule has 1 saturated carbocycles. The van der Waals surface area contributed by atoms with E-state index in [0.717, 1.165) is 66.6 Å². The predicted molar refractivity (Wildman–Crippen MR) is 126 cm³/mol. The monoisotopic (exact) mass is 450 g/mol. The molecule has 8 nitrogen and oxygen atoms in total. The van der Waals surface area contributed by atoms with E-state index in [2.05, 4.69) is 4.57 Å². The minimum atomic E-state index is -0.362. The maximum atomic E-state index is 12.5. The van der Waals surface area contributed by atoms with Gasteiger partial charge < -0.3 is 19.0 Å². The second-order valence-electron chi connectivity index (χ2n) is 9.19. The number of imidazole rings is 1. The summed E-state index contributed by atoms with van der Waals surface area (Å²) in [6, 6.07) is 9.45. The zero-order valence-corrected chi connectivity index (χ0v) is 19.1. The van der Waals surface area contributed by atoms with Crippen LogP contribution in [0, 0.1) is 0 Å². The van der Waals surface area contributed by atoms with Gasteiger partial charge in [-0.05, 0) is 63.6 Å². The van der Waals surface area contributed by atoms with Crippen molar-refractivity contribution in [1.29, 1.82) is 0 Å². The third kappa shape index (κ3) is 3.82. The summed E-state index contributed by atoms with van der Waals surface area (Å²) in [6.45, 7) is 2.41. The number of benzene rings is 1. The number of methoxy groups -OCH3 is 1. The number of rotatable bonds is 3. The molecule has 33 heavy (non-hydrogen) atoms. The van der Waals surface area contributed by atoms with Crippen molar-refractivity contribution >= 4 is 22.8 Å². The number of nitrogens with zero attached hydrogens (tertiary/aromatic N) is 4. The van der Waals surface area contributed by atoms with Crippen LogP contribution >= 0.6 is 0 Å². The number of carbonyl (C=O) groups is 1. The van der Waals surface area contributed by atoms with Crippen molar-refractivity contribution in [3.63, 3.8) is 0 Å². The molecule has 1 aliphatic heterocycles. The van der Waals surface area contributed by atoms with Crippen LogP contribution in [0.5, 0.6) is 0 Å². The predicted octanol–water partition coefficient (Wildman–Crippen LogP) is 3.63. The van der Waals surface area contributed by atoms with E-state index in [0.29, 0.717) is 6.54 Å². The number of aromatic nitrogens is 3. The van der Waals surface area contributed by atoms with Crippen molar-refractivity contribution in [3.05, 3.63) is 58.3 Å². The first kappa shape index (κ1) is 21.7. The normalized spacial score (nSPS) is 22.9. The maximum Gasteiger partial charge on any atom is 0.414 e. The standard InChI is InChI=1S/C25H30N4O4/c1-16-6-11-19-20(28(16)25(32)33-2)12-13-21-24(19)26-22(15-27-14-4-3-5-23(27)31)29(21)17-7-9-18(30)10-8-17/h3-5,12-14,16-18,30H,6-11,15H2,1-2H3/t16-,17?,18?/m0/s1. The lowest BCUT2D eigenvalue weighted by Crippen LogP contribution is -2.42. The fourth-order valence-electron chi connectivity index (χ4n) is 5.40. The first-order valence-corrected chi connectivity index (χ1v) is 11.7. The molecule has 1 amide bonds. The van der Waals surface area contributed by atoms with Crippen molar-refractivity contribution < 1.29 is 14.6 Å². The lowest BCUT2D eigenvalue weighted by Gasteiger charge is -2.34. The van der Waals surface area contributed by atoms with Crippen molar-refractivity contribution in [2.24, 2.45) is 0 Å². The number of carbonyl (C=O) groups excluding carboxylic acids is 1. The molecule has 1 fully saturated rings. The van der Waals surface area contributed by atoms with Crippen molar-refractivity contribution in [2.45, 2.75) is 70.2 Å². The Morgan fingerprint density at radius 1 is 1.15 bits per heavy atom. The second kappa shape index (κ2) is 8.67. The van der Waals surface area contributed by atoms with E-state index in [9.17, 15) is 14.7 Å². The smallest absolute Gasteiger partial charge is 0.414 e. The molecule has 3 heterocycles. The highest BCUT2D eigenvalue weighted by atomic mass is 16.5. The summed E-state index contributed by atoms with van der Waals surface area (Å²) < 4.78 is 8.99. The molecule has 0 saturated heterocycles. The molecule has 0 unspecified atom stereocenters. The average Bonchev–Trinajstić information content (AvgIpc) is 3.18. The third-order valence-electron chi connectivity index (χ3n) is 7.14. The van der Waals surface area contributed by atoms with Crippen LogP contribution in [0.2, 0.25) is 0 Å². The van der Waals surface area contributed by atoms with Gasteiger partial charge in [0.25, 0.3) is 5.56 Å². The Morgan fingerprint density at radius 3 is 2.67 bits per heavy atom. The van der Waals surface area contributed by atoms with Gasteiger partial charge in [-0.15, -0.1) is 0 Å². The molecule has 1 aromatic carbocycles. The summed E-state index contributed by atoms with van der Waals surface area (Å²) in [4.78, 5) is 31.7. The number of hydrogen-bond donors (Lipinski definition) is 1. The number of aliphatic hydroxyl groups excluding tert-OH is 1. The molecule has 1 aliphatic carbocycles. The van der Waals surface area contributed by atoms with Gasteiger partial charge in [-0.25, -0.2) is 9.78 Å². The van der Waals surface area contributed by atoms with Crippen LogP contribution in [0.4, 0.5) is 10.5 Å². The quantitative estimate of drug-likeness (QED) is 0.658. The SMILES string of the molecule is COC(=O)N1c2ccc3c(nc(Cn4ccccc4=O)n3C3CCC(O)CC3)c2CC[C@@H]1C. The summed E-state index contributed by atoms with van der Waals surface area (Å²) in [5.41, 5.74) is 3.74. The fourth-order valence-corrected chi connectivity index (χ4v) is 5.40. The van der Waals surface area contributed by atoms with E-state index in [1.807, 2.05) is 25.1 Å². The second-order valence-corrected chi connectivity index (χ2v) is 9.19. The molecular weight excluding hydrogens is 420 g/mol. The number of pyridine rings is 1. The molecule has 3 aromatic rings. The van der Waals surface area contributed by atoms with Crippen LogP contribution in [-0.2, 0) is 17.7 Å². The van der Waals surface area contributed by atoms with E-state index in [1.54, 1.807) is 27.8 Å². The molecular formula is C25H30N4O4. The van der Waals surface area contributed by atoms with Crippen molar-refractivity contribution in [3.8, 4) is 0 Å². The van der Waals surface area contributed by atoms with Crippen molar-refractivity contribution in [2.75, 3.05) is 12.0 Å². The van der Waals surface area contributed by atoms with Crippen LogP contribution in [0.15, 0.2) is 41.3 Å². The topological polar surface area (TPSA) is 89.6 Å². The molecule has 8 heteroatoms. The van der Waals surface area contributed by atoms with Crippen molar-refractivity contribution in [1.82, 2.24) is 14.1 Å². The minimum absolute atomic E-state index is 0.0479. The Balaban J connectivity index is 1.66. The summed E-state index contributed by atoms with van der Waals surface area (Å²) in [6.07, 6.45) is 6.08. The Bertz CT molecular complexity index is 1240. The van der Waals surface area contributed by atoms with Gasteiger partial charge in [0.15, 0.2) is 0 Å². The van der Waals surface area contributed by atoms with Crippen LogP contribution in [-0.4, -0.2) is 44.6 Å². The summed E-state index contributed by atoms with van der Waals surface area (Å²) >= 11 is 0. The van der Waals surface area contributed by atoms with Gasteiger partial charge in [0.1, 0.15) is 5.82 Å². The number of hydrogen-bond acceptors (Lipinski definition) is 5. The van der Waals surface area contributed by atoms with Gasteiger partial charge in [0, 0.05) is 29.9 Å². The number of anilines is 1. The van der Waals surface area contributed by atoms with Crippen LogP contribution < -0.4 is 10.5 Å². The van der Waals surface area contributed by atoms with Gasteiger partial charge >= 0.3 is 6.09 Å². The zero-order valence-electron chi connectivity index (χ0n) is 19.1. The Kier molecular flexibility index (Phi) is 5.70. The summed E-state index contributed by atoms with van der Waals surface area (Å²) in [5.74, 6) is 0.830. The molecule has 0 bridgehead atoms. The number of aryl methyl sites for hydroxylation is 1. The highest BCUT2D eigenvalue weighted by molar-refractivity contribution is 5.95. The molecule has 0 spiro atoms. The van der Waals surface area contributed by atoms with Gasteiger partial charge in [-0.3, -0.25) is 9.69 Å². The maximum absolute atomic E-state index is 12.5. The largest absolute Gasteiger partial charge is 0.452 e. The number of fused-ring (bicyclic) bond motifs is 3. The molecule has 174 valence electrons. The number of aliphatic hydroxyl groups is 1. The molecule has 5 rings (SSSR count). The molecule has 2 aromatic heterocycles. The molecule has 1 atom stereocenters. The highest BCUT2D eigenvalue weighted by Crippen LogP contribution is 2.39. The van der Waals surface area contributed by atoms with Crippen LogP contribution in [0.3, 0.4) is 0 Å². The number of ether oxygens (including phenoxy) is 1. The molecule has 0 radical (unpaired) electrons. The van der Waals surface area contributed by atoms with Crippen LogP contribution in [0.25, 0.3) is 11.0 Å². The van der Waals surface area contributed by atoms with Gasteiger partial charge in [0.2, 0.25) is 0 Å². The third-order valence-corrected chi connectivity index (χ3v) is 7.14. The first-order valence-electron chi connectivity index (χ1n) is 11.7. The Hall–Kier alpha value is -3.13. The Labute approximate surface area is 192 Å². The zero-order chi connectivity index (χ0) is 23.1. The van der Waals surface area contributed by atoms with Crippen LogP contribution in [0.1, 0.15) is 56.5 Å². The first-order chi connectivity index (χ1) is 16.0. The van der Waals surface area contributed by atoms with E-state index in [4.69, 9.17) is 9.72 Å². The highest BCUT2D eigenvalue weighted by Gasteiger charge is 2.32. The van der Waals surface area contributed by atoms with E-state index in [1.165, 1.54) is 7.11 Å². The van der Waals surface area contributed by atoms with Gasteiger partial charge in [-0.1, -0.05) is 6.07 Å². The lowest BCUT2D eigenvalue weighted by molar-refractivity contribution is 0.111. The van der Waals surface area contributed by atoms with E-state index < -0.39 is 0 Å². The lowest BCUT2D eigenvalue weighted by atomic mass is 9.92. The number of amides is 1. The average molecular weight is 451 g/mol. The fraction of sp³-hybridized carbons (Fsp3) is 0.480. The molecule has 2 aliphatic rings. The Morgan fingerprint density at radius 2 is 1.94 bits per heavy atom. The van der Waals surface area contributed by atoms with E-state index in [-0.39, 0.29) is 29.8 Å². The van der Waals surface area contributed by atoms with Gasteiger partial charge in [-0.2, -0.15) is 0 Å².